The Kier molecular flexibility index (Phi) is 3.52. The van der Waals surface area contributed by atoms with Crippen molar-refractivity contribution in [1.29, 1.82) is 0 Å². The van der Waals surface area contributed by atoms with Crippen molar-refractivity contribution in [3.8, 4) is 11.1 Å². The molecule has 1 heterocycles. The molecule has 0 fully saturated rings. The molecule has 1 aromatic carbocycles. The first-order valence-corrected chi connectivity index (χ1v) is 5.98. The van der Waals surface area contributed by atoms with Crippen molar-refractivity contribution in [3.63, 3.8) is 0 Å². The normalized spacial score (nSPS) is 10.5. The number of rotatable bonds is 3. The molecule has 2 aromatic rings. The number of aromatic nitrogens is 1. The van der Waals surface area contributed by atoms with E-state index in [-0.39, 0.29) is 0 Å². The molecule has 0 amide bonds. The van der Waals surface area contributed by atoms with Gasteiger partial charge in [-0.05, 0) is 41.7 Å². The van der Waals surface area contributed by atoms with Gasteiger partial charge in [0.05, 0.1) is 0 Å². The Morgan fingerprint density at radius 1 is 0.941 bits per heavy atom. The van der Waals surface area contributed by atoms with E-state index < -0.39 is 5.95 Å². The first-order valence-electron chi connectivity index (χ1n) is 5.98. The number of pyridine rings is 1. The third kappa shape index (κ3) is 2.52. The van der Waals surface area contributed by atoms with E-state index in [1.165, 1.54) is 17.2 Å². The van der Waals surface area contributed by atoms with Crippen molar-refractivity contribution < 1.29 is 4.39 Å². The Balaban J connectivity index is 2.42. The van der Waals surface area contributed by atoms with E-state index in [1.807, 2.05) is 0 Å². The molecule has 0 saturated heterocycles. The lowest BCUT2D eigenvalue weighted by molar-refractivity contribution is 0.584. The van der Waals surface area contributed by atoms with Gasteiger partial charge in [-0.25, -0.2) is 4.98 Å². The third-order valence-electron chi connectivity index (χ3n) is 3.03. The average molecular weight is 229 g/mol. The first kappa shape index (κ1) is 11.8. The van der Waals surface area contributed by atoms with E-state index in [9.17, 15) is 4.39 Å². The van der Waals surface area contributed by atoms with Crippen LogP contribution in [0.3, 0.4) is 0 Å². The fourth-order valence-corrected chi connectivity index (χ4v) is 2.03. The fourth-order valence-electron chi connectivity index (χ4n) is 2.03. The number of hydrogen-bond donors (Lipinski definition) is 0. The van der Waals surface area contributed by atoms with Crippen molar-refractivity contribution in [2.24, 2.45) is 0 Å². The van der Waals surface area contributed by atoms with E-state index >= 15 is 0 Å². The summed E-state index contributed by atoms with van der Waals surface area (Å²) >= 11 is 0. The Bertz CT molecular complexity index is 503. The highest BCUT2D eigenvalue weighted by molar-refractivity contribution is 5.64. The zero-order chi connectivity index (χ0) is 12.3. The molecule has 0 spiro atoms. The minimum atomic E-state index is -0.436. The quantitative estimate of drug-likeness (QED) is 0.724. The molecule has 1 aromatic heterocycles. The number of hydrogen-bond acceptors (Lipinski definition) is 1. The van der Waals surface area contributed by atoms with Crippen molar-refractivity contribution >= 4 is 0 Å². The van der Waals surface area contributed by atoms with E-state index in [0.717, 1.165) is 24.0 Å². The van der Waals surface area contributed by atoms with Gasteiger partial charge < -0.3 is 0 Å². The highest BCUT2D eigenvalue weighted by Crippen LogP contribution is 2.22. The standard InChI is InChI=1S/C15H16FN/c1-3-11-5-6-13(9-12(11)4-2)14-7-8-15(16)17-10-14/h5-10H,3-4H2,1-2H3. The van der Waals surface area contributed by atoms with Gasteiger partial charge in [0.15, 0.2) is 0 Å². The molecule has 0 radical (unpaired) electrons. The maximum absolute atomic E-state index is 12.8. The molecule has 0 saturated carbocycles. The molecule has 2 heteroatoms. The first-order chi connectivity index (χ1) is 8.24. The lowest BCUT2D eigenvalue weighted by Gasteiger charge is -2.08. The molecule has 0 aliphatic heterocycles. The van der Waals surface area contributed by atoms with Crippen LogP contribution < -0.4 is 0 Å². The molecule has 0 aliphatic carbocycles. The van der Waals surface area contributed by atoms with Gasteiger partial charge in [-0.15, -0.1) is 0 Å². The van der Waals surface area contributed by atoms with E-state index in [2.05, 4.69) is 37.0 Å². The average Bonchev–Trinajstić information content (AvgIpc) is 2.39. The minimum Gasteiger partial charge on any atom is -0.228 e. The summed E-state index contributed by atoms with van der Waals surface area (Å²) in [5, 5.41) is 0. The van der Waals surface area contributed by atoms with Gasteiger partial charge in [-0.1, -0.05) is 32.0 Å². The van der Waals surface area contributed by atoms with Gasteiger partial charge >= 0.3 is 0 Å². The Morgan fingerprint density at radius 3 is 2.24 bits per heavy atom. The summed E-state index contributed by atoms with van der Waals surface area (Å²) < 4.78 is 12.8. The van der Waals surface area contributed by atoms with E-state index in [0.29, 0.717) is 0 Å². The maximum atomic E-state index is 12.8. The van der Waals surface area contributed by atoms with E-state index in [4.69, 9.17) is 0 Å². The van der Waals surface area contributed by atoms with Gasteiger partial charge in [0, 0.05) is 11.8 Å². The Hall–Kier alpha value is -1.70. The molecule has 17 heavy (non-hydrogen) atoms. The fraction of sp³-hybridized carbons (Fsp3) is 0.267. The van der Waals surface area contributed by atoms with Crippen LogP contribution in [0.2, 0.25) is 0 Å². The topological polar surface area (TPSA) is 12.9 Å². The minimum absolute atomic E-state index is 0.436. The third-order valence-corrected chi connectivity index (χ3v) is 3.03. The summed E-state index contributed by atoms with van der Waals surface area (Å²) in [6, 6.07) is 9.57. The van der Waals surface area contributed by atoms with Gasteiger partial charge in [-0.3, -0.25) is 0 Å². The summed E-state index contributed by atoms with van der Waals surface area (Å²) in [6.07, 6.45) is 3.65. The monoisotopic (exact) mass is 229 g/mol. The van der Waals surface area contributed by atoms with Crippen LogP contribution >= 0.6 is 0 Å². The van der Waals surface area contributed by atoms with Crippen LogP contribution in [0.5, 0.6) is 0 Å². The van der Waals surface area contributed by atoms with Gasteiger partial charge in [0.1, 0.15) is 0 Å². The van der Waals surface area contributed by atoms with Gasteiger partial charge in [0.2, 0.25) is 5.95 Å². The van der Waals surface area contributed by atoms with Crippen LogP contribution in [0.1, 0.15) is 25.0 Å². The second-order valence-electron chi connectivity index (χ2n) is 4.06. The zero-order valence-electron chi connectivity index (χ0n) is 10.2. The lowest BCUT2D eigenvalue weighted by atomic mass is 9.97. The molecule has 0 N–H and O–H groups in total. The van der Waals surface area contributed by atoms with Gasteiger partial charge in [-0.2, -0.15) is 4.39 Å². The molecule has 0 atom stereocenters. The second-order valence-corrected chi connectivity index (χ2v) is 4.06. The molecular weight excluding hydrogens is 213 g/mol. The number of benzene rings is 1. The number of halogens is 1. The number of aryl methyl sites for hydroxylation is 2. The molecule has 0 bridgehead atoms. The van der Waals surface area contributed by atoms with Crippen LogP contribution in [0.4, 0.5) is 4.39 Å². The smallest absolute Gasteiger partial charge is 0.212 e. The highest BCUT2D eigenvalue weighted by atomic mass is 19.1. The van der Waals surface area contributed by atoms with Crippen molar-refractivity contribution in [2.75, 3.05) is 0 Å². The van der Waals surface area contributed by atoms with Crippen LogP contribution in [0.25, 0.3) is 11.1 Å². The predicted molar refractivity (Wildman–Crippen MR) is 68.4 cm³/mol. The maximum Gasteiger partial charge on any atom is 0.212 e. The summed E-state index contributed by atoms with van der Waals surface area (Å²) in [5.41, 5.74) is 4.80. The van der Waals surface area contributed by atoms with Crippen LogP contribution in [-0.4, -0.2) is 4.98 Å². The molecule has 2 rings (SSSR count). The van der Waals surface area contributed by atoms with Crippen LogP contribution in [0.15, 0.2) is 36.5 Å². The lowest BCUT2D eigenvalue weighted by Crippen LogP contribution is -1.92. The highest BCUT2D eigenvalue weighted by Gasteiger charge is 2.03. The molecule has 0 aliphatic rings. The molecule has 88 valence electrons. The Labute approximate surface area is 101 Å². The van der Waals surface area contributed by atoms with Crippen LogP contribution in [0, 0.1) is 5.95 Å². The molecule has 0 unspecified atom stereocenters. The SMILES string of the molecule is CCc1ccc(-c2ccc(F)nc2)cc1CC. The summed E-state index contributed by atoms with van der Waals surface area (Å²) in [4.78, 5) is 3.69. The zero-order valence-corrected chi connectivity index (χ0v) is 10.2. The van der Waals surface area contributed by atoms with Crippen molar-refractivity contribution in [2.45, 2.75) is 26.7 Å². The molecule has 1 nitrogen and oxygen atoms in total. The summed E-state index contributed by atoms with van der Waals surface area (Å²) in [7, 11) is 0. The summed E-state index contributed by atoms with van der Waals surface area (Å²) in [6.45, 7) is 4.31. The van der Waals surface area contributed by atoms with Crippen molar-refractivity contribution in [1.82, 2.24) is 4.98 Å². The van der Waals surface area contributed by atoms with Crippen LogP contribution in [-0.2, 0) is 12.8 Å². The largest absolute Gasteiger partial charge is 0.228 e. The summed E-state index contributed by atoms with van der Waals surface area (Å²) in [5.74, 6) is -0.436. The second kappa shape index (κ2) is 5.09. The Morgan fingerprint density at radius 2 is 1.65 bits per heavy atom. The van der Waals surface area contributed by atoms with Crippen molar-refractivity contribution in [3.05, 3.63) is 53.6 Å². The molecular formula is C15H16FN. The van der Waals surface area contributed by atoms with Gasteiger partial charge in [0.25, 0.3) is 0 Å². The number of nitrogens with zero attached hydrogens (tertiary/aromatic N) is 1. The van der Waals surface area contributed by atoms with E-state index in [1.54, 1.807) is 12.3 Å². The predicted octanol–water partition coefficient (Wildman–Crippen LogP) is 4.01.